The van der Waals surface area contributed by atoms with Gasteiger partial charge in [-0.05, 0) is 0 Å². The van der Waals surface area contributed by atoms with Gasteiger partial charge in [0.15, 0.2) is 0 Å². The zero-order valence-electron chi connectivity index (χ0n) is 8.45. The monoisotopic (exact) mass is 279 g/mol. The standard InChI is InChI=1S/C8H17.2Na.Sn/c1-3-5-7-8-6-4-2;;;/h1,3-8H2,2H3;;;. The maximum atomic E-state index is 2.27. The molecule has 0 aromatic heterocycles. The van der Waals surface area contributed by atoms with Gasteiger partial charge in [0, 0.05) is 59.1 Å². The molecule has 11 heavy (non-hydrogen) atoms. The summed E-state index contributed by atoms with van der Waals surface area (Å²) < 4.78 is 1.46. The van der Waals surface area contributed by atoms with Gasteiger partial charge in [-0.2, -0.15) is 0 Å². The van der Waals surface area contributed by atoms with Gasteiger partial charge in [0.25, 0.3) is 0 Å². The number of hydrogen-bond acceptors (Lipinski definition) is 0. The van der Waals surface area contributed by atoms with Crippen LogP contribution in [0.3, 0.4) is 0 Å². The molecule has 0 saturated heterocycles. The van der Waals surface area contributed by atoms with E-state index in [4.69, 9.17) is 0 Å². The second kappa shape index (κ2) is 18.6. The predicted octanol–water partition coefficient (Wildman–Crippen LogP) is 2.17. The minimum Gasteiger partial charge on any atom is 0 e. The average Bonchev–Trinajstić information content (AvgIpc) is 1.89. The SMILES string of the molecule is CCCCCCC[CH2][Sn].[Na].[Na]. The summed E-state index contributed by atoms with van der Waals surface area (Å²) in [4.78, 5) is 0. The quantitative estimate of drug-likeness (QED) is 0.516. The fourth-order valence-corrected chi connectivity index (χ4v) is 1.62. The minimum absolute atomic E-state index is 0. The van der Waals surface area contributed by atoms with Crippen molar-refractivity contribution >= 4 is 81.6 Å². The van der Waals surface area contributed by atoms with E-state index in [2.05, 4.69) is 6.92 Å². The van der Waals surface area contributed by atoms with Crippen LogP contribution in [0.1, 0.15) is 45.4 Å². The Morgan fingerprint density at radius 1 is 0.818 bits per heavy atom. The van der Waals surface area contributed by atoms with Gasteiger partial charge in [-0.15, -0.1) is 0 Å². The Labute approximate surface area is 129 Å². The molecule has 0 spiro atoms. The van der Waals surface area contributed by atoms with Crippen LogP contribution in [-0.4, -0.2) is 81.6 Å². The molecule has 5 radical (unpaired) electrons. The van der Waals surface area contributed by atoms with Crippen LogP contribution in [0.4, 0.5) is 0 Å². The van der Waals surface area contributed by atoms with Crippen LogP contribution < -0.4 is 0 Å². The van der Waals surface area contributed by atoms with Crippen LogP contribution in [0.2, 0.25) is 4.44 Å². The maximum absolute atomic E-state index is 2.27. The smallest absolute Gasteiger partial charge is 0 e. The maximum Gasteiger partial charge on any atom is 0 e. The van der Waals surface area contributed by atoms with E-state index in [1.54, 1.807) is 22.5 Å². The van der Waals surface area contributed by atoms with Crippen LogP contribution >= 0.6 is 0 Å². The third-order valence-corrected chi connectivity index (χ3v) is 2.54. The molecule has 55 valence electrons. The first-order chi connectivity index (χ1) is 4.41. The van der Waals surface area contributed by atoms with Crippen LogP contribution in [0.25, 0.3) is 0 Å². The van der Waals surface area contributed by atoms with E-state index in [0.717, 1.165) is 0 Å². The summed E-state index contributed by atoms with van der Waals surface area (Å²) >= 11 is 1.71. The molecule has 0 heterocycles. The molecule has 0 aliphatic heterocycles. The van der Waals surface area contributed by atoms with Crippen LogP contribution in [0.15, 0.2) is 0 Å². The van der Waals surface area contributed by atoms with Gasteiger partial charge in [0.05, 0.1) is 0 Å². The molecule has 0 fully saturated rings. The van der Waals surface area contributed by atoms with Crippen molar-refractivity contribution in [2.45, 2.75) is 49.9 Å². The molecule has 0 aromatic carbocycles. The van der Waals surface area contributed by atoms with Gasteiger partial charge in [0.1, 0.15) is 0 Å². The zero-order chi connectivity index (χ0) is 6.95. The molecule has 0 amide bonds. The zero-order valence-corrected chi connectivity index (χ0v) is 15.3. The molecule has 0 nitrogen and oxygen atoms in total. The molecule has 0 aliphatic rings. The number of unbranched alkanes of at least 4 members (excludes halogenated alkanes) is 5. The van der Waals surface area contributed by atoms with E-state index in [1.165, 1.54) is 43.0 Å². The molecule has 3 heteroatoms. The third-order valence-electron chi connectivity index (χ3n) is 1.53. The molecule has 0 atom stereocenters. The van der Waals surface area contributed by atoms with Crippen LogP contribution in [-0.2, 0) is 0 Å². The average molecular weight is 278 g/mol. The fourth-order valence-electron chi connectivity index (χ4n) is 0.905. The number of rotatable bonds is 6. The Kier molecular flexibility index (Phi) is 32.7. The summed E-state index contributed by atoms with van der Waals surface area (Å²) in [5, 5.41) is 0. The largest absolute Gasteiger partial charge is 0 e. The summed E-state index contributed by atoms with van der Waals surface area (Å²) in [5.41, 5.74) is 0. The molecule has 0 bridgehead atoms. The number of hydrogen-bond donors (Lipinski definition) is 0. The summed E-state index contributed by atoms with van der Waals surface area (Å²) in [6.07, 6.45) is 8.71. The first-order valence-corrected chi connectivity index (χ1v) is 6.08. The molecular weight excluding hydrogens is 261 g/mol. The summed E-state index contributed by atoms with van der Waals surface area (Å²) in [5.74, 6) is 0. The van der Waals surface area contributed by atoms with Gasteiger partial charge < -0.3 is 0 Å². The van der Waals surface area contributed by atoms with Gasteiger partial charge >= 0.3 is 72.4 Å². The van der Waals surface area contributed by atoms with Crippen molar-refractivity contribution in [1.29, 1.82) is 0 Å². The first kappa shape index (κ1) is 19.4. The molecule has 0 rings (SSSR count). The Morgan fingerprint density at radius 2 is 1.27 bits per heavy atom. The van der Waals surface area contributed by atoms with E-state index in [1.807, 2.05) is 0 Å². The summed E-state index contributed by atoms with van der Waals surface area (Å²) in [7, 11) is 0. The van der Waals surface area contributed by atoms with Crippen molar-refractivity contribution in [3.63, 3.8) is 0 Å². The van der Waals surface area contributed by atoms with E-state index in [0.29, 0.717) is 0 Å². The van der Waals surface area contributed by atoms with E-state index < -0.39 is 0 Å². The van der Waals surface area contributed by atoms with Gasteiger partial charge in [-0.25, -0.2) is 0 Å². The van der Waals surface area contributed by atoms with E-state index >= 15 is 0 Å². The Hall–Kier alpha value is 2.80. The van der Waals surface area contributed by atoms with Gasteiger partial charge in [-0.1, -0.05) is 0 Å². The van der Waals surface area contributed by atoms with Crippen LogP contribution in [0, 0.1) is 0 Å². The summed E-state index contributed by atoms with van der Waals surface area (Å²) in [6.45, 7) is 2.27. The van der Waals surface area contributed by atoms with Crippen molar-refractivity contribution in [2.75, 3.05) is 0 Å². The molecule has 0 aliphatic carbocycles. The third kappa shape index (κ3) is 19.3. The van der Waals surface area contributed by atoms with E-state index in [-0.39, 0.29) is 59.1 Å². The van der Waals surface area contributed by atoms with Crippen molar-refractivity contribution in [3.8, 4) is 0 Å². The van der Waals surface area contributed by atoms with E-state index in [9.17, 15) is 0 Å². The van der Waals surface area contributed by atoms with Gasteiger partial charge in [-0.3, -0.25) is 0 Å². The first-order valence-electron chi connectivity index (χ1n) is 4.06. The summed E-state index contributed by atoms with van der Waals surface area (Å²) in [6, 6.07) is 0. The molecular formula is C8H17Na2Sn. The molecule has 0 unspecified atom stereocenters. The van der Waals surface area contributed by atoms with Crippen molar-refractivity contribution in [2.24, 2.45) is 0 Å². The van der Waals surface area contributed by atoms with Crippen molar-refractivity contribution in [3.05, 3.63) is 0 Å². The minimum atomic E-state index is 0. The second-order valence-electron chi connectivity index (χ2n) is 2.52. The van der Waals surface area contributed by atoms with Gasteiger partial charge in [0.2, 0.25) is 0 Å². The Balaban J connectivity index is -0.000000320. The molecule has 0 aromatic rings. The molecule has 0 N–H and O–H groups in total. The van der Waals surface area contributed by atoms with Crippen molar-refractivity contribution < 1.29 is 0 Å². The topological polar surface area (TPSA) is 0 Å². The molecule has 0 saturated carbocycles. The van der Waals surface area contributed by atoms with Crippen LogP contribution in [0.5, 0.6) is 0 Å². The van der Waals surface area contributed by atoms with Crippen molar-refractivity contribution in [1.82, 2.24) is 0 Å². The Morgan fingerprint density at radius 3 is 1.73 bits per heavy atom. The second-order valence-corrected chi connectivity index (χ2v) is 3.94. The predicted molar refractivity (Wildman–Crippen MR) is 55.4 cm³/mol. The Bertz CT molecular complexity index is 45.4. The normalized spacial score (nSPS) is 8.18. The fraction of sp³-hybridized carbons (Fsp3) is 1.00.